The minimum atomic E-state index is -1.90. The Hall–Kier alpha value is -3.23. The van der Waals surface area contributed by atoms with E-state index in [0.29, 0.717) is 38.0 Å². The number of carbonyl (C=O) groups is 3. The van der Waals surface area contributed by atoms with Crippen LogP contribution in [0.1, 0.15) is 69.2 Å². The van der Waals surface area contributed by atoms with Crippen molar-refractivity contribution in [2.45, 2.75) is 71.1 Å². The highest BCUT2D eigenvalue weighted by atomic mass is 16.5. The fourth-order valence-electron chi connectivity index (χ4n) is 5.92. The molecule has 210 valence electrons. The first-order chi connectivity index (χ1) is 18.7. The van der Waals surface area contributed by atoms with Gasteiger partial charge in [0.2, 0.25) is 0 Å². The number of amides is 2. The normalized spacial score (nSPS) is 18.3. The molecule has 0 fully saturated rings. The first-order valence-electron chi connectivity index (χ1n) is 14.0. The summed E-state index contributed by atoms with van der Waals surface area (Å²) in [5, 5.41) is 17.0. The summed E-state index contributed by atoms with van der Waals surface area (Å²) in [6.45, 7) is 6.91. The summed E-state index contributed by atoms with van der Waals surface area (Å²) in [7, 11) is 3.81. The largest absolute Gasteiger partial charge is 0.461 e. The second kappa shape index (κ2) is 11.9. The average molecular weight is 536 g/mol. The van der Waals surface area contributed by atoms with E-state index in [1.165, 1.54) is 10.9 Å². The molecule has 8 nitrogen and oxygen atoms in total. The number of ether oxygens (including phenoxy) is 1. The van der Waals surface area contributed by atoms with E-state index in [1.54, 1.807) is 6.92 Å². The molecule has 2 aromatic rings. The molecule has 0 saturated heterocycles. The van der Waals surface area contributed by atoms with Crippen molar-refractivity contribution in [2.24, 2.45) is 0 Å². The molecule has 2 heterocycles. The van der Waals surface area contributed by atoms with Crippen LogP contribution in [-0.4, -0.2) is 72.1 Å². The zero-order valence-corrected chi connectivity index (χ0v) is 23.8. The van der Waals surface area contributed by atoms with Crippen LogP contribution in [0, 0.1) is 0 Å². The Morgan fingerprint density at radius 1 is 1.21 bits per heavy atom. The molecule has 0 saturated carbocycles. The Morgan fingerprint density at radius 3 is 2.62 bits per heavy atom. The number of likely N-dealkylation sites (N-methyl/N-ethyl adjacent to an activating group) is 1. The van der Waals surface area contributed by atoms with E-state index in [4.69, 9.17) is 4.74 Å². The molecule has 2 atom stereocenters. The number of esters is 1. The zero-order valence-electron chi connectivity index (χ0n) is 23.8. The summed E-state index contributed by atoms with van der Waals surface area (Å²) in [5.41, 5.74) is 2.07. The molecule has 2 aromatic carbocycles. The summed E-state index contributed by atoms with van der Waals surface area (Å²) in [5.74, 6) is -1.23. The maximum Gasteiger partial charge on any atom is 0.306 e. The van der Waals surface area contributed by atoms with Gasteiger partial charge >= 0.3 is 5.97 Å². The Kier molecular flexibility index (Phi) is 8.76. The highest BCUT2D eigenvalue weighted by Gasteiger charge is 2.49. The van der Waals surface area contributed by atoms with Crippen LogP contribution < -0.4 is 5.32 Å². The lowest BCUT2D eigenvalue weighted by atomic mass is 9.78. The van der Waals surface area contributed by atoms with Gasteiger partial charge in [-0.25, -0.2) is 0 Å². The maximum atomic E-state index is 14.1. The third-order valence-corrected chi connectivity index (χ3v) is 8.07. The Balaban J connectivity index is 1.78. The SMILES string of the molecule is CCCC(=O)OCC1=C([C@@](O)(CC)C(=O)NCCN(C)C)CC2c3cc4ccccc4c(CC)c3CN2C1=O. The first-order valence-corrected chi connectivity index (χ1v) is 14.0. The molecular formula is C31H41N3O5. The van der Waals surface area contributed by atoms with Crippen LogP contribution in [0.3, 0.4) is 0 Å². The molecular weight excluding hydrogens is 494 g/mol. The zero-order chi connectivity index (χ0) is 28.3. The fraction of sp³-hybridized carbons (Fsp3) is 0.516. The fourth-order valence-corrected chi connectivity index (χ4v) is 5.92. The van der Waals surface area contributed by atoms with E-state index in [-0.39, 0.29) is 37.0 Å². The van der Waals surface area contributed by atoms with Crippen LogP contribution in [0.4, 0.5) is 0 Å². The molecule has 2 aliphatic heterocycles. The van der Waals surface area contributed by atoms with Crippen molar-refractivity contribution < 1.29 is 24.2 Å². The lowest BCUT2D eigenvalue weighted by Gasteiger charge is -2.39. The molecule has 0 spiro atoms. The van der Waals surface area contributed by atoms with Crippen LogP contribution in [0.2, 0.25) is 0 Å². The number of nitrogens with one attached hydrogen (secondary N) is 1. The molecule has 2 N–H and O–H groups in total. The number of aliphatic hydroxyl groups is 1. The van der Waals surface area contributed by atoms with E-state index in [9.17, 15) is 19.5 Å². The van der Waals surface area contributed by atoms with Gasteiger partial charge in [-0.3, -0.25) is 14.4 Å². The van der Waals surface area contributed by atoms with Crippen molar-refractivity contribution in [3.05, 3.63) is 58.2 Å². The Morgan fingerprint density at radius 2 is 1.95 bits per heavy atom. The summed E-state index contributed by atoms with van der Waals surface area (Å²) in [6, 6.07) is 10.1. The number of nitrogens with zero attached hydrogens (tertiary/aromatic N) is 2. The lowest BCUT2D eigenvalue weighted by molar-refractivity contribution is -0.144. The molecule has 0 bridgehead atoms. The predicted molar refractivity (Wildman–Crippen MR) is 151 cm³/mol. The summed E-state index contributed by atoms with van der Waals surface area (Å²) < 4.78 is 5.49. The molecule has 4 rings (SSSR count). The number of hydrogen-bond donors (Lipinski definition) is 2. The number of carbonyl (C=O) groups excluding carboxylic acids is 3. The van der Waals surface area contributed by atoms with Gasteiger partial charge in [-0.1, -0.05) is 45.0 Å². The summed E-state index contributed by atoms with van der Waals surface area (Å²) >= 11 is 0. The van der Waals surface area contributed by atoms with E-state index in [1.807, 2.05) is 43.0 Å². The second-order valence-electron chi connectivity index (χ2n) is 10.8. The molecule has 0 radical (unpaired) electrons. The average Bonchev–Trinajstić information content (AvgIpc) is 3.28. The van der Waals surface area contributed by atoms with Gasteiger partial charge in [0.1, 0.15) is 6.61 Å². The van der Waals surface area contributed by atoms with Crippen LogP contribution in [0.5, 0.6) is 0 Å². The van der Waals surface area contributed by atoms with Crippen molar-refractivity contribution in [3.8, 4) is 0 Å². The Bertz CT molecular complexity index is 1300. The number of hydrogen-bond acceptors (Lipinski definition) is 6. The number of rotatable bonds is 11. The topological polar surface area (TPSA) is 99.2 Å². The first kappa shape index (κ1) is 28.8. The standard InChI is InChI=1S/C31H41N3O5/c1-6-11-28(35)39-19-25-26(31(38,8-3)30(37)32-14-15-33(4)5)17-27-23-16-20-12-9-10-13-22(20)21(7-2)24(23)18-34(27)29(25)36/h9-10,12-13,16,27,38H,6-8,11,14-15,17-19H2,1-5H3,(H,32,37)/t27?,31-/m0/s1. The quantitative estimate of drug-likeness (QED) is 0.426. The lowest BCUT2D eigenvalue weighted by Crippen LogP contribution is -2.52. The summed E-state index contributed by atoms with van der Waals surface area (Å²) in [6.07, 6.45) is 2.08. The molecule has 2 amide bonds. The molecule has 0 aromatic heterocycles. The molecule has 2 aliphatic rings. The van der Waals surface area contributed by atoms with Gasteiger partial charge in [0, 0.05) is 26.1 Å². The van der Waals surface area contributed by atoms with Crippen LogP contribution in [0.15, 0.2) is 41.5 Å². The van der Waals surface area contributed by atoms with Crippen molar-refractivity contribution >= 4 is 28.6 Å². The number of benzene rings is 2. The van der Waals surface area contributed by atoms with Gasteiger partial charge in [0.15, 0.2) is 5.60 Å². The minimum Gasteiger partial charge on any atom is -0.461 e. The van der Waals surface area contributed by atoms with Crippen molar-refractivity contribution in [1.29, 1.82) is 0 Å². The Labute approximate surface area is 231 Å². The van der Waals surface area contributed by atoms with Crippen molar-refractivity contribution in [1.82, 2.24) is 15.1 Å². The highest BCUT2D eigenvalue weighted by Crippen LogP contribution is 2.48. The van der Waals surface area contributed by atoms with Crippen LogP contribution in [-0.2, 0) is 32.1 Å². The van der Waals surface area contributed by atoms with Crippen LogP contribution in [0.25, 0.3) is 10.8 Å². The maximum absolute atomic E-state index is 14.1. The van der Waals surface area contributed by atoms with Gasteiger partial charge < -0.3 is 25.0 Å². The molecule has 8 heteroatoms. The molecule has 39 heavy (non-hydrogen) atoms. The van der Waals surface area contributed by atoms with E-state index < -0.39 is 17.5 Å². The van der Waals surface area contributed by atoms with Crippen molar-refractivity contribution in [2.75, 3.05) is 33.8 Å². The van der Waals surface area contributed by atoms with Crippen LogP contribution >= 0.6 is 0 Å². The van der Waals surface area contributed by atoms with E-state index in [0.717, 1.165) is 22.9 Å². The van der Waals surface area contributed by atoms with E-state index >= 15 is 0 Å². The van der Waals surface area contributed by atoms with Gasteiger partial charge in [-0.05, 0) is 78.9 Å². The summed E-state index contributed by atoms with van der Waals surface area (Å²) in [4.78, 5) is 43.5. The highest BCUT2D eigenvalue weighted by molar-refractivity contribution is 6.00. The third kappa shape index (κ3) is 5.45. The van der Waals surface area contributed by atoms with Gasteiger partial charge in [-0.2, -0.15) is 0 Å². The second-order valence-corrected chi connectivity index (χ2v) is 10.8. The minimum absolute atomic E-state index is 0.0906. The monoisotopic (exact) mass is 535 g/mol. The third-order valence-electron chi connectivity index (χ3n) is 8.07. The smallest absolute Gasteiger partial charge is 0.306 e. The van der Waals surface area contributed by atoms with E-state index in [2.05, 4.69) is 30.4 Å². The van der Waals surface area contributed by atoms with Gasteiger partial charge in [0.05, 0.1) is 11.6 Å². The molecule has 1 unspecified atom stereocenters. The van der Waals surface area contributed by atoms with Gasteiger partial charge in [-0.15, -0.1) is 0 Å². The van der Waals surface area contributed by atoms with Gasteiger partial charge in [0.25, 0.3) is 11.8 Å². The molecule has 0 aliphatic carbocycles. The predicted octanol–water partition coefficient (Wildman–Crippen LogP) is 3.65. The van der Waals surface area contributed by atoms with Crippen molar-refractivity contribution in [3.63, 3.8) is 0 Å². The number of aryl methyl sites for hydroxylation is 1. The number of fused-ring (bicyclic) bond motifs is 4.